The molecule has 1 fully saturated rings. The monoisotopic (exact) mass is 273 g/mol. The summed E-state index contributed by atoms with van der Waals surface area (Å²) in [5.74, 6) is 0.0581. The number of rotatable bonds is 2. The van der Waals surface area contributed by atoms with E-state index in [4.69, 9.17) is 10.5 Å². The highest BCUT2D eigenvalue weighted by molar-refractivity contribution is 6.07. The predicted octanol–water partition coefficient (Wildman–Crippen LogP) is 2.00. The fourth-order valence-corrected chi connectivity index (χ4v) is 2.81. The van der Waals surface area contributed by atoms with Crippen molar-refractivity contribution in [2.75, 3.05) is 25.9 Å². The predicted molar refractivity (Wildman–Crippen MR) is 78.6 cm³/mol. The van der Waals surface area contributed by atoms with Crippen molar-refractivity contribution < 1.29 is 9.53 Å². The van der Waals surface area contributed by atoms with Crippen LogP contribution in [-0.2, 0) is 4.74 Å². The van der Waals surface area contributed by atoms with Gasteiger partial charge in [-0.3, -0.25) is 4.79 Å². The van der Waals surface area contributed by atoms with Crippen LogP contribution in [0.2, 0.25) is 0 Å². The largest absolute Gasteiger partial charge is 0.399 e. The van der Waals surface area contributed by atoms with Crippen molar-refractivity contribution in [2.45, 2.75) is 18.9 Å². The van der Waals surface area contributed by atoms with Crippen LogP contribution in [0.5, 0.6) is 0 Å². The van der Waals surface area contributed by atoms with Gasteiger partial charge in [0, 0.05) is 43.0 Å². The van der Waals surface area contributed by atoms with Crippen molar-refractivity contribution in [3.8, 4) is 0 Å². The van der Waals surface area contributed by atoms with E-state index in [0.29, 0.717) is 17.8 Å². The molecule has 1 aromatic carbocycles. The quantitative estimate of drug-likeness (QED) is 0.822. The number of fused-ring (bicyclic) bond motifs is 1. The molecule has 2 heterocycles. The van der Waals surface area contributed by atoms with Gasteiger partial charge in [-0.15, -0.1) is 0 Å². The lowest BCUT2D eigenvalue weighted by molar-refractivity contribution is 0.0270. The molecule has 1 aliphatic heterocycles. The highest BCUT2D eigenvalue weighted by Gasteiger charge is 2.25. The maximum absolute atomic E-state index is 12.6. The van der Waals surface area contributed by atoms with E-state index in [9.17, 15) is 4.79 Å². The minimum atomic E-state index is 0.0581. The number of carbonyl (C=O) groups is 1. The number of aromatic amines is 1. The second-order valence-corrected chi connectivity index (χ2v) is 5.26. The van der Waals surface area contributed by atoms with E-state index in [1.165, 1.54) is 0 Å². The number of H-pyrrole nitrogens is 1. The first kappa shape index (κ1) is 13.0. The molecule has 3 rings (SSSR count). The Morgan fingerprint density at radius 2 is 2.35 bits per heavy atom. The smallest absolute Gasteiger partial charge is 0.256 e. The van der Waals surface area contributed by atoms with Gasteiger partial charge in [0.05, 0.1) is 11.7 Å². The molecule has 3 N–H and O–H groups in total. The van der Waals surface area contributed by atoms with Gasteiger partial charge in [0.25, 0.3) is 5.91 Å². The second kappa shape index (κ2) is 5.17. The molecule has 1 amide bonds. The first-order valence-electron chi connectivity index (χ1n) is 6.87. The summed E-state index contributed by atoms with van der Waals surface area (Å²) in [5, 5.41) is 0.920. The number of nitrogen functional groups attached to an aromatic ring is 1. The van der Waals surface area contributed by atoms with Gasteiger partial charge < -0.3 is 20.4 Å². The van der Waals surface area contributed by atoms with E-state index in [2.05, 4.69) is 4.98 Å². The molecule has 0 aliphatic carbocycles. The molecule has 1 atom stereocenters. The average molecular weight is 273 g/mol. The Kier molecular flexibility index (Phi) is 3.36. The molecular weight excluding hydrogens is 254 g/mol. The molecule has 1 saturated heterocycles. The Morgan fingerprint density at radius 3 is 3.15 bits per heavy atom. The number of nitrogens with zero attached hydrogens (tertiary/aromatic N) is 1. The van der Waals surface area contributed by atoms with Crippen molar-refractivity contribution in [1.29, 1.82) is 0 Å². The molecule has 2 aromatic rings. The minimum Gasteiger partial charge on any atom is -0.399 e. The van der Waals surface area contributed by atoms with Crippen LogP contribution >= 0.6 is 0 Å². The highest BCUT2D eigenvalue weighted by Crippen LogP contribution is 2.23. The fourth-order valence-electron chi connectivity index (χ4n) is 2.81. The highest BCUT2D eigenvalue weighted by atomic mass is 16.5. The number of aromatic nitrogens is 1. The molecule has 20 heavy (non-hydrogen) atoms. The van der Waals surface area contributed by atoms with Crippen molar-refractivity contribution in [3.05, 3.63) is 30.0 Å². The van der Waals surface area contributed by atoms with Crippen molar-refractivity contribution in [1.82, 2.24) is 9.88 Å². The zero-order valence-corrected chi connectivity index (χ0v) is 11.6. The van der Waals surface area contributed by atoms with Crippen LogP contribution in [0.1, 0.15) is 23.2 Å². The Morgan fingerprint density at radius 1 is 1.50 bits per heavy atom. The number of ether oxygens (including phenoxy) is 1. The van der Waals surface area contributed by atoms with E-state index in [1.807, 2.05) is 23.1 Å². The summed E-state index contributed by atoms with van der Waals surface area (Å²) >= 11 is 0. The van der Waals surface area contributed by atoms with Crippen molar-refractivity contribution >= 4 is 22.5 Å². The van der Waals surface area contributed by atoms with E-state index >= 15 is 0 Å². The number of hydrogen-bond donors (Lipinski definition) is 2. The van der Waals surface area contributed by atoms with Crippen molar-refractivity contribution in [2.24, 2.45) is 0 Å². The van der Waals surface area contributed by atoms with E-state index in [0.717, 1.165) is 30.3 Å². The van der Waals surface area contributed by atoms with Crippen molar-refractivity contribution in [3.63, 3.8) is 0 Å². The standard InChI is InChI=1S/C15H19N3O2/c1-20-11-3-2-6-18(9-11)15(19)13-8-17-14-7-10(16)4-5-12(13)14/h4-5,7-8,11,17H,2-3,6,9,16H2,1H3. The average Bonchev–Trinajstić information content (AvgIpc) is 2.89. The number of nitrogens with one attached hydrogen (secondary N) is 1. The number of amides is 1. The van der Waals surface area contributed by atoms with Gasteiger partial charge in [0.1, 0.15) is 0 Å². The molecule has 0 bridgehead atoms. The van der Waals surface area contributed by atoms with Crippen LogP contribution in [0.4, 0.5) is 5.69 Å². The number of piperidine rings is 1. The van der Waals surface area contributed by atoms with Crippen LogP contribution in [0.15, 0.2) is 24.4 Å². The number of carbonyl (C=O) groups excluding carboxylic acids is 1. The van der Waals surface area contributed by atoms with E-state index in [1.54, 1.807) is 13.3 Å². The van der Waals surface area contributed by atoms with Crippen LogP contribution < -0.4 is 5.73 Å². The lowest BCUT2D eigenvalue weighted by atomic mass is 10.1. The molecule has 1 aromatic heterocycles. The lowest BCUT2D eigenvalue weighted by Gasteiger charge is -2.31. The summed E-state index contributed by atoms with van der Waals surface area (Å²) in [4.78, 5) is 17.6. The van der Waals surface area contributed by atoms with Crippen LogP contribution in [0, 0.1) is 0 Å². The van der Waals surface area contributed by atoms with Crippen LogP contribution in [-0.4, -0.2) is 42.1 Å². The molecule has 106 valence electrons. The maximum Gasteiger partial charge on any atom is 0.256 e. The summed E-state index contributed by atoms with van der Waals surface area (Å²) in [7, 11) is 1.70. The van der Waals surface area contributed by atoms with E-state index in [-0.39, 0.29) is 12.0 Å². The summed E-state index contributed by atoms with van der Waals surface area (Å²) in [6.45, 7) is 1.46. The third-order valence-electron chi connectivity index (χ3n) is 3.93. The van der Waals surface area contributed by atoms with Gasteiger partial charge in [-0.2, -0.15) is 0 Å². The Labute approximate surface area is 117 Å². The van der Waals surface area contributed by atoms with Crippen LogP contribution in [0.25, 0.3) is 10.9 Å². The normalized spacial score (nSPS) is 19.4. The number of anilines is 1. The molecule has 5 heteroatoms. The second-order valence-electron chi connectivity index (χ2n) is 5.26. The van der Waals surface area contributed by atoms with Gasteiger partial charge in [-0.1, -0.05) is 0 Å². The molecule has 5 nitrogen and oxygen atoms in total. The first-order chi connectivity index (χ1) is 9.69. The molecule has 0 spiro atoms. The Bertz CT molecular complexity index is 635. The first-order valence-corrected chi connectivity index (χ1v) is 6.87. The molecule has 0 saturated carbocycles. The summed E-state index contributed by atoms with van der Waals surface area (Å²) in [6, 6.07) is 5.56. The minimum absolute atomic E-state index is 0.0581. The van der Waals surface area contributed by atoms with Gasteiger partial charge >= 0.3 is 0 Å². The Balaban J connectivity index is 1.88. The third kappa shape index (κ3) is 2.25. The number of likely N-dealkylation sites (tertiary alicyclic amines) is 1. The summed E-state index contributed by atoms with van der Waals surface area (Å²) < 4.78 is 5.37. The lowest BCUT2D eigenvalue weighted by Crippen LogP contribution is -2.42. The molecule has 1 aliphatic rings. The zero-order chi connectivity index (χ0) is 14.1. The maximum atomic E-state index is 12.6. The zero-order valence-electron chi connectivity index (χ0n) is 11.6. The van der Waals surface area contributed by atoms with E-state index < -0.39 is 0 Å². The fraction of sp³-hybridized carbons (Fsp3) is 0.400. The van der Waals surface area contributed by atoms with Gasteiger partial charge in [0.2, 0.25) is 0 Å². The number of benzene rings is 1. The number of methoxy groups -OCH3 is 1. The third-order valence-corrected chi connectivity index (χ3v) is 3.93. The Hall–Kier alpha value is -2.01. The summed E-state index contributed by atoms with van der Waals surface area (Å²) in [5.41, 5.74) is 8.05. The molecule has 1 unspecified atom stereocenters. The molecule has 0 radical (unpaired) electrons. The number of hydrogen-bond acceptors (Lipinski definition) is 3. The van der Waals surface area contributed by atoms with Crippen LogP contribution in [0.3, 0.4) is 0 Å². The number of nitrogens with two attached hydrogens (primary N) is 1. The summed E-state index contributed by atoms with van der Waals surface area (Å²) in [6.07, 6.45) is 3.92. The van der Waals surface area contributed by atoms with Gasteiger partial charge in [-0.05, 0) is 31.0 Å². The SMILES string of the molecule is COC1CCCN(C(=O)c2c[nH]c3cc(N)ccc23)C1. The topological polar surface area (TPSA) is 71.3 Å². The van der Waals surface area contributed by atoms with Gasteiger partial charge in [-0.25, -0.2) is 0 Å². The molecular formula is C15H19N3O2. The van der Waals surface area contributed by atoms with Gasteiger partial charge in [0.15, 0.2) is 0 Å².